The smallest absolute Gasteiger partial charge is 0.342 e. The lowest BCUT2D eigenvalue weighted by Crippen LogP contribution is -2.06. The third kappa shape index (κ3) is 4.56. The largest absolute Gasteiger partial charge is 0.462 e. The summed E-state index contributed by atoms with van der Waals surface area (Å²) in [5.74, 6) is -0.289. The molecule has 3 aromatic carbocycles. The van der Waals surface area contributed by atoms with Gasteiger partial charge in [0.05, 0.1) is 6.61 Å². The van der Waals surface area contributed by atoms with Crippen molar-refractivity contribution in [3.8, 4) is 17.1 Å². The van der Waals surface area contributed by atoms with Gasteiger partial charge in [-0.2, -0.15) is 0 Å². The number of hydrogen-bond acceptors (Lipinski definition) is 5. The van der Waals surface area contributed by atoms with E-state index in [-0.39, 0.29) is 6.61 Å². The van der Waals surface area contributed by atoms with Gasteiger partial charge in [0.2, 0.25) is 0 Å². The van der Waals surface area contributed by atoms with Gasteiger partial charge in [0.1, 0.15) is 22.7 Å². The van der Waals surface area contributed by atoms with Gasteiger partial charge >= 0.3 is 11.9 Å². The van der Waals surface area contributed by atoms with E-state index in [1.165, 1.54) is 6.08 Å². The monoisotopic (exact) mass is 412 g/mol. The Kier molecular flexibility index (Phi) is 5.94. The van der Waals surface area contributed by atoms with E-state index in [0.29, 0.717) is 28.0 Å². The highest BCUT2D eigenvalue weighted by atomic mass is 16.5. The second-order valence-corrected chi connectivity index (χ2v) is 6.72. The molecule has 0 aliphatic heterocycles. The minimum Gasteiger partial charge on any atom is -0.462 e. The molecule has 0 radical (unpaired) electrons. The molecule has 4 aromatic rings. The highest BCUT2D eigenvalue weighted by Gasteiger charge is 2.23. The number of hydrogen-bond donors (Lipinski definition) is 0. The summed E-state index contributed by atoms with van der Waals surface area (Å²) in [6.07, 6.45) is 3.03. The van der Waals surface area contributed by atoms with E-state index in [1.54, 1.807) is 31.2 Å². The lowest BCUT2D eigenvalue weighted by molar-refractivity contribution is -0.128. The third-order valence-electron chi connectivity index (χ3n) is 4.60. The number of carbonyl (C=O) groups is 2. The maximum absolute atomic E-state index is 12.7. The molecule has 0 amide bonds. The average molecular weight is 412 g/mol. The molecule has 154 valence electrons. The van der Waals surface area contributed by atoms with E-state index < -0.39 is 11.9 Å². The molecular formula is C26H20O5. The quantitative estimate of drug-likeness (QED) is 0.224. The second kappa shape index (κ2) is 9.13. The molecule has 0 fully saturated rings. The highest BCUT2D eigenvalue weighted by Crippen LogP contribution is 2.36. The van der Waals surface area contributed by atoms with Crippen molar-refractivity contribution >= 4 is 29.0 Å². The van der Waals surface area contributed by atoms with E-state index >= 15 is 0 Å². The van der Waals surface area contributed by atoms with Crippen LogP contribution < -0.4 is 4.74 Å². The molecule has 0 spiro atoms. The second-order valence-electron chi connectivity index (χ2n) is 6.72. The number of fused-ring (bicyclic) bond motifs is 1. The van der Waals surface area contributed by atoms with Gasteiger partial charge in [-0.1, -0.05) is 60.7 Å². The fourth-order valence-electron chi connectivity index (χ4n) is 3.22. The summed E-state index contributed by atoms with van der Waals surface area (Å²) < 4.78 is 16.6. The number of ether oxygens (including phenoxy) is 2. The fraction of sp³-hybridized carbons (Fsp3) is 0.0769. The molecule has 0 aliphatic rings. The van der Waals surface area contributed by atoms with Crippen LogP contribution in [0, 0.1) is 0 Å². The van der Waals surface area contributed by atoms with Crippen LogP contribution in [-0.4, -0.2) is 18.5 Å². The van der Waals surface area contributed by atoms with Crippen molar-refractivity contribution in [3.63, 3.8) is 0 Å². The Morgan fingerprint density at radius 2 is 1.65 bits per heavy atom. The molecule has 0 atom stereocenters. The van der Waals surface area contributed by atoms with Crippen molar-refractivity contribution < 1.29 is 23.5 Å². The molecular weight excluding hydrogens is 392 g/mol. The molecule has 5 nitrogen and oxygen atoms in total. The lowest BCUT2D eigenvalue weighted by Gasteiger charge is -2.04. The maximum Gasteiger partial charge on any atom is 0.342 e. The first kappa shape index (κ1) is 20.2. The first-order valence-corrected chi connectivity index (χ1v) is 9.89. The third-order valence-corrected chi connectivity index (χ3v) is 4.60. The summed E-state index contributed by atoms with van der Waals surface area (Å²) in [5, 5.41) is 0.523. The van der Waals surface area contributed by atoms with E-state index in [9.17, 15) is 9.59 Å². The zero-order valence-electron chi connectivity index (χ0n) is 16.9. The van der Waals surface area contributed by atoms with Crippen molar-refractivity contribution in [3.05, 3.63) is 96.1 Å². The van der Waals surface area contributed by atoms with E-state index in [1.807, 2.05) is 60.7 Å². The van der Waals surface area contributed by atoms with Crippen LogP contribution in [0.25, 0.3) is 28.4 Å². The Morgan fingerprint density at radius 3 is 2.35 bits per heavy atom. The van der Waals surface area contributed by atoms with Gasteiger partial charge in [-0.3, -0.25) is 0 Å². The van der Waals surface area contributed by atoms with Gasteiger partial charge in [-0.25, -0.2) is 9.59 Å². The molecule has 0 aliphatic carbocycles. The maximum atomic E-state index is 12.7. The van der Waals surface area contributed by atoms with Gasteiger partial charge in [-0.15, -0.1) is 0 Å². The summed E-state index contributed by atoms with van der Waals surface area (Å²) in [6, 6.07) is 23.7. The number of furan rings is 1. The van der Waals surface area contributed by atoms with Crippen molar-refractivity contribution in [2.75, 3.05) is 6.61 Å². The van der Waals surface area contributed by atoms with Gasteiger partial charge in [0.25, 0.3) is 0 Å². The predicted molar refractivity (Wildman–Crippen MR) is 119 cm³/mol. The van der Waals surface area contributed by atoms with Crippen molar-refractivity contribution in [1.82, 2.24) is 0 Å². The predicted octanol–water partition coefficient (Wildman–Crippen LogP) is 5.90. The topological polar surface area (TPSA) is 65.7 Å². The van der Waals surface area contributed by atoms with E-state index in [4.69, 9.17) is 13.9 Å². The zero-order valence-corrected chi connectivity index (χ0v) is 16.9. The average Bonchev–Trinajstić information content (AvgIpc) is 3.18. The normalized spacial score (nSPS) is 11.0. The lowest BCUT2D eigenvalue weighted by atomic mass is 10.1. The first-order chi connectivity index (χ1) is 15.2. The van der Waals surface area contributed by atoms with Crippen LogP contribution in [0.5, 0.6) is 5.75 Å². The first-order valence-electron chi connectivity index (χ1n) is 9.89. The van der Waals surface area contributed by atoms with Crippen LogP contribution in [0.1, 0.15) is 22.8 Å². The van der Waals surface area contributed by atoms with Crippen molar-refractivity contribution in [1.29, 1.82) is 0 Å². The van der Waals surface area contributed by atoms with Crippen LogP contribution in [0.3, 0.4) is 0 Å². The molecule has 1 heterocycles. The SMILES string of the molecule is CCOC(=O)c1c(-c2ccccc2)oc2ccc(OC(=O)C=Cc3ccccc3)cc12. The van der Waals surface area contributed by atoms with Crippen LogP contribution in [-0.2, 0) is 9.53 Å². The molecule has 1 aromatic heterocycles. The van der Waals surface area contributed by atoms with Gasteiger partial charge in [0.15, 0.2) is 0 Å². The van der Waals surface area contributed by atoms with Gasteiger partial charge in [-0.05, 0) is 36.8 Å². The molecule has 4 rings (SSSR count). The number of carbonyl (C=O) groups excluding carboxylic acids is 2. The van der Waals surface area contributed by atoms with Crippen molar-refractivity contribution in [2.45, 2.75) is 6.92 Å². The highest BCUT2D eigenvalue weighted by molar-refractivity contribution is 6.09. The Labute approximate surface area is 179 Å². The van der Waals surface area contributed by atoms with Gasteiger partial charge in [0, 0.05) is 17.0 Å². The number of rotatable bonds is 6. The summed E-state index contributed by atoms with van der Waals surface area (Å²) >= 11 is 0. The molecule has 0 bridgehead atoms. The molecule has 0 N–H and O–H groups in total. The van der Waals surface area contributed by atoms with Gasteiger partial charge < -0.3 is 13.9 Å². The molecule has 0 saturated heterocycles. The van der Waals surface area contributed by atoms with Crippen LogP contribution >= 0.6 is 0 Å². The fourth-order valence-corrected chi connectivity index (χ4v) is 3.22. The Hall–Kier alpha value is -4.12. The van der Waals surface area contributed by atoms with E-state index in [2.05, 4.69) is 0 Å². The van der Waals surface area contributed by atoms with Crippen LogP contribution in [0.15, 0.2) is 89.4 Å². The Bertz CT molecular complexity index is 1240. The molecule has 31 heavy (non-hydrogen) atoms. The summed E-state index contributed by atoms with van der Waals surface area (Å²) in [6.45, 7) is 1.98. The minimum absolute atomic E-state index is 0.235. The van der Waals surface area contributed by atoms with E-state index in [0.717, 1.165) is 11.1 Å². The minimum atomic E-state index is -0.521. The molecule has 5 heteroatoms. The standard InChI is InChI=1S/C26H20O5/c1-2-29-26(28)24-21-17-20(30-23(27)16-13-18-9-5-3-6-10-18)14-15-22(21)31-25(24)19-11-7-4-8-12-19/h3-17H,2H2,1H3. The van der Waals surface area contributed by atoms with Crippen molar-refractivity contribution in [2.24, 2.45) is 0 Å². The van der Waals surface area contributed by atoms with Crippen LogP contribution in [0.2, 0.25) is 0 Å². The van der Waals surface area contributed by atoms with Crippen LogP contribution in [0.4, 0.5) is 0 Å². The summed E-state index contributed by atoms with van der Waals surface area (Å²) in [5.41, 5.74) is 2.45. The number of benzene rings is 3. The zero-order chi connectivity index (χ0) is 21.6. The summed E-state index contributed by atoms with van der Waals surface area (Å²) in [7, 11) is 0. The Morgan fingerprint density at radius 1 is 0.935 bits per heavy atom. The summed E-state index contributed by atoms with van der Waals surface area (Å²) in [4.78, 5) is 25.0. The number of esters is 2. The Balaban J connectivity index is 1.67. The molecule has 0 saturated carbocycles. The molecule has 0 unspecified atom stereocenters.